The summed E-state index contributed by atoms with van der Waals surface area (Å²) in [5.74, 6) is 1.06. The first-order valence-electron chi connectivity index (χ1n) is 8.22. The molecule has 2 heteroatoms. The predicted octanol–water partition coefficient (Wildman–Crippen LogP) is 3.03. The van der Waals surface area contributed by atoms with Crippen LogP contribution in [-0.2, 0) is 0 Å². The molecule has 2 heterocycles. The van der Waals surface area contributed by atoms with Crippen molar-refractivity contribution in [3.05, 3.63) is 0 Å². The van der Waals surface area contributed by atoms with Gasteiger partial charge in [0.2, 0.25) is 0 Å². The summed E-state index contributed by atoms with van der Waals surface area (Å²) >= 11 is 0. The molecule has 18 heavy (non-hydrogen) atoms. The van der Waals surface area contributed by atoms with Crippen LogP contribution in [0.3, 0.4) is 0 Å². The van der Waals surface area contributed by atoms with E-state index >= 15 is 0 Å². The maximum atomic E-state index is 3.64. The number of piperidine rings is 2. The Morgan fingerprint density at radius 1 is 1.22 bits per heavy atom. The molecular weight excluding hydrogens is 220 g/mol. The van der Waals surface area contributed by atoms with Crippen LogP contribution in [0, 0.1) is 11.3 Å². The summed E-state index contributed by atoms with van der Waals surface area (Å²) in [6.45, 7) is 7.73. The Morgan fingerprint density at radius 2 is 2.06 bits per heavy atom. The van der Waals surface area contributed by atoms with Gasteiger partial charge in [-0.05, 0) is 63.5 Å². The standard InChI is InChI=1S/C16H30N2/c1-14(11-15-5-2-6-15)18-10-4-8-16(13-18)7-3-9-17-12-16/h14-15,17H,2-13H2,1H3. The third-order valence-electron chi connectivity index (χ3n) is 5.77. The lowest BCUT2D eigenvalue weighted by atomic mass is 9.73. The van der Waals surface area contributed by atoms with Gasteiger partial charge in [0.15, 0.2) is 0 Å². The van der Waals surface area contributed by atoms with Gasteiger partial charge in [0.1, 0.15) is 0 Å². The summed E-state index contributed by atoms with van der Waals surface area (Å²) in [6.07, 6.45) is 11.7. The molecule has 1 saturated carbocycles. The maximum Gasteiger partial charge on any atom is 0.00698 e. The molecule has 3 rings (SSSR count). The van der Waals surface area contributed by atoms with Gasteiger partial charge >= 0.3 is 0 Å². The van der Waals surface area contributed by atoms with Crippen molar-refractivity contribution < 1.29 is 0 Å². The topological polar surface area (TPSA) is 15.3 Å². The molecule has 2 unspecified atom stereocenters. The van der Waals surface area contributed by atoms with Gasteiger partial charge < -0.3 is 10.2 Å². The van der Waals surface area contributed by atoms with Crippen LogP contribution in [-0.4, -0.2) is 37.1 Å². The van der Waals surface area contributed by atoms with Crippen LogP contribution in [0.4, 0.5) is 0 Å². The minimum Gasteiger partial charge on any atom is -0.316 e. The van der Waals surface area contributed by atoms with Crippen molar-refractivity contribution in [1.82, 2.24) is 10.2 Å². The smallest absolute Gasteiger partial charge is 0.00698 e. The van der Waals surface area contributed by atoms with Crippen LogP contribution >= 0.6 is 0 Å². The van der Waals surface area contributed by atoms with Crippen molar-refractivity contribution >= 4 is 0 Å². The lowest BCUT2D eigenvalue weighted by Crippen LogP contribution is -2.53. The zero-order chi connectivity index (χ0) is 12.4. The summed E-state index contributed by atoms with van der Waals surface area (Å²) in [4.78, 5) is 2.81. The average Bonchev–Trinajstić information content (AvgIpc) is 2.34. The summed E-state index contributed by atoms with van der Waals surface area (Å²) in [5, 5.41) is 3.64. The quantitative estimate of drug-likeness (QED) is 0.828. The molecule has 0 amide bonds. The van der Waals surface area contributed by atoms with Gasteiger partial charge in [-0.15, -0.1) is 0 Å². The SMILES string of the molecule is CC(CC1CCC1)N1CCCC2(CCCNC2)C1. The molecule has 2 aliphatic heterocycles. The Labute approximate surface area is 113 Å². The normalized spacial score (nSPS) is 36.5. The molecule has 0 aromatic carbocycles. The number of nitrogens with one attached hydrogen (secondary N) is 1. The fourth-order valence-corrected chi connectivity index (χ4v) is 4.36. The molecule has 0 bridgehead atoms. The Kier molecular flexibility index (Phi) is 3.95. The third kappa shape index (κ3) is 2.75. The van der Waals surface area contributed by atoms with E-state index in [1.807, 2.05) is 0 Å². The zero-order valence-corrected chi connectivity index (χ0v) is 12.1. The van der Waals surface area contributed by atoms with E-state index in [0.717, 1.165) is 12.0 Å². The molecule has 1 aliphatic carbocycles. The van der Waals surface area contributed by atoms with Crippen molar-refractivity contribution in [3.8, 4) is 0 Å². The van der Waals surface area contributed by atoms with Gasteiger partial charge in [0, 0.05) is 19.1 Å². The second kappa shape index (κ2) is 5.50. The third-order valence-corrected chi connectivity index (χ3v) is 5.77. The Hall–Kier alpha value is -0.0800. The molecule has 0 radical (unpaired) electrons. The van der Waals surface area contributed by atoms with Crippen LogP contribution in [0.15, 0.2) is 0 Å². The van der Waals surface area contributed by atoms with Crippen LogP contribution in [0.2, 0.25) is 0 Å². The fourth-order valence-electron chi connectivity index (χ4n) is 4.36. The number of nitrogens with zero attached hydrogens (tertiary/aromatic N) is 1. The molecule has 2 saturated heterocycles. The minimum atomic E-state index is 0.629. The first-order chi connectivity index (χ1) is 8.77. The van der Waals surface area contributed by atoms with Crippen molar-refractivity contribution in [2.24, 2.45) is 11.3 Å². The van der Waals surface area contributed by atoms with Crippen LogP contribution in [0.5, 0.6) is 0 Å². The van der Waals surface area contributed by atoms with Crippen molar-refractivity contribution in [2.75, 3.05) is 26.2 Å². The van der Waals surface area contributed by atoms with E-state index in [-0.39, 0.29) is 0 Å². The molecule has 1 spiro atoms. The highest BCUT2D eigenvalue weighted by atomic mass is 15.2. The van der Waals surface area contributed by atoms with E-state index in [0.29, 0.717) is 5.41 Å². The van der Waals surface area contributed by atoms with Gasteiger partial charge in [0.05, 0.1) is 0 Å². The second-order valence-electron chi connectivity index (χ2n) is 7.24. The molecular formula is C16H30N2. The van der Waals surface area contributed by atoms with Crippen molar-refractivity contribution in [2.45, 2.75) is 64.3 Å². The van der Waals surface area contributed by atoms with E-state index in [2.05, 4.69) is 17.1 Å². The largest absolute Gasteiger partial charge is 0.316 e. The van der Waals surface area contributed by atoms with Crippen LogP contribution < -0.4 is 5.32 Å². The molecule has 2 nitrogen and oxygen atoms in total. The van der Waals surface area contributed by atoms with E-state index in [9.17, 15) is 0 Å². The molecule has 1 N–H and O–H groups in total. The summed E-state index contributed by atoms with van der Waals surface area (Å²) in [5.41, 5.74) is 0.629. The predicted molar refractivity (Wildman–Crippen MR) is 76.8 cm³/mol. The summed E-state index contributed by atoms with van der Waals surface area (Å²) < 4.78 is 0. The summed E-state index contributed by atoms with van der Waals surface area (Å²) in [6, 6.07) is 0.828. The van der Waals surface area contributed by atoms with Gasteiger partial charge in [-0.1, -0.05) is 19.3 Å². The Morgan fingerprint density at radius 3 is 2.72 bits per heavy atom. The van der Waals surface area contributed by atoms with Gasteiger partial charge in [-0.2, -0.15) is 0 Å². The average molecular weight is 250 g/mol. The highest BCUT2D eigenvalue weighted by Gasteiger charge is 2.38. The molecule has 0 aromatic heterocycles. The van der Waals surface area contributed by atoms with Crippen molar-refractivity contribution in [3.63, 3.8) is 0 Å². The number of hydrogen-bond acceptors (Lipinski definition) is 2. The molecule has 3 fully saturated rings. The molecule has 104 valence electrons. The van der Waals surface area contributed by atoms with Crippen LogP contribution in [0.25, 0.3) is 0 Å². The second-order valence-corrected chi connectivity index (χ2v) is 7.24. The van der Waals surface area contributed by atoms with E-state index in [1.165, 1.54) is 77.5 Å². The first kappa shape index (κ1) is 12.9. The lowest BCUT2D eigenvalue weighted by molar-refractivity contribution is 0.0312. The molecule has 0 aromatic rings. The zero-order valence-electron chi connectivity index (χ0n) is 12.1. The molecule has 3 aliphatic rings. The first-order valence-corrected chi connectivity index (χ1v) is 8.22. The molecule has 2 atom stereocenters. The number of hydrogen-bond donors (Lipinski definition) is 1. The van der Waals surface area contributed by atoms with Gasteiger partial charge in [-0.25, -0.2) is 0 Å². The Balaban J connectivity index is 1.55. The number of likely N-dealkylation sites (tertiary alicyclic amines) is 1. The highest BCUT2D eigenvalue weighted by Crippen LogP contribution is 2.38. The minimum absolute atomic E-state index is 0.629. The number of rotatable bonds is 3. The van der Waals surface area contributed by atoms with Gasteiger partial charge in [-0.3, -0.25) is 0 Å². The summed E-state index contributed by atoms with van der Waals surface area (Å²) in [7, 11) is 0. The Bertz CT molecular complexity index is 261. The highest BCUT2D eigenvalue weighted by molar-refractivity contribution is 4.93. The van der Waals surface area contributed by atoms with E-state index in [4.69, 9.17) is 0 Å². The maximum absolute atomic E-state index is 3.64. The van der Waals surface area contributed by atoms with E-state index in [1.54, 1.807) is 0 Å². The monoisotopic (exact) mass is 250 g/mol. The van der Waals surface area contributed by atoms with E-state index < -0.39 is 0 Å². The van der Waals surface area contributed by atoms with Crippen molar-refractivity contribution in [1.29, 1.82) is 0 Å². The lowest BCUT2D eigenvalue weighted by Gasteiger charge is -2.48. The van der Waals surface area contributed by atoms with Gasteiger partial charge in [0.25, 0.3) is 0 Å². The fraction of sp³-hybridized carbons (Fsp3) is 1.00. The van der Waals surface area contributed by atoms with Crippen LogP contribution in [0.1, 0.15) is 58.3 Å².